The van der Waals surface area contributed by atoms with Gasteiger partial charge in [0.1, 0.15) is 29.6 Å². The maximum absolute atomic E-state index is 13.4. The standard InChI is InChI=1S/C23H17ClF4N2O2/c24-15-5-1-13(2-6-15)12-32-17-9-10-19(31)18(11-17)21(29)20(22(30)23(26,27)28)14-3-7-16(25)8-4-14/h1-11,29,31H,12,30H2. The van der Waals surface area contributed by atoms with Crippen LogP contribution in [0.25, 0.3) is 5.57 Å². The Bertz CT molecular complexity index is 1160. The van der Waals surface area contributed by atoms with E-state index in [4.69, 9.17) is 27.5 Å². The van der Waals surface area contributed by atoms with Gasteiger partial charge in [0.2, 0.25) is 0 Å². The first-order valence-electron chi connectivity index (χ1n) is 9.18. The van der Waals surface area contributed by atoms with Gasteiger partial charge >= 0.3 is 6.18 Å². The van der Waals surface area contributed by atoms with Gasteiger partial charge < -0.3 is 15.6 Å². The molecule has 0 aliphatic heterocycles. The van der Waals surface area contributed by atoms with Crippen LogP contribution in [0.5, 0.6) is 11.5 Å². The molecule has 0 fully saturated rings. The number of allylic oxidation sites excluding steroid dienone is 2. The molecule has 0 bridgehead atoms. The predicted octanol–water partition coefficient (Wildman–Crippen LogP) is 6.06. The summed E-state index contributed by atoms with van der Waals surface area (Å²) in [5.74, 6) is -0.893. The number of phenols is 1. The van der Waals surface area contributed by atoms with Gasteiger partial charge in [0.05, 0.1) is 5.71 Å². The number of nitrogens with one attached hydrogen (secondary N) is 1. The molecule has 0 aromatic heterocycles. The third-order valence-corrected chi connectivity index (χ3v) is 4.77. The summed E-state index contributed by atoms with van der Waals surface area (Å²) >= 11 is 5.84. The van der Waals surface area contributed by atoms with Gasteiger partial charge in [-0.1, -0.05) is 35.9 Å². The molecular formula is C23H17ClF4N2O2. The van der Waals surface area contributed by atoms with Crippen molar-refractivity contribution in [3.05, 3.63) is 100.0 Å². The molecule has 166 valence electrons. The summed E-state index contributed by atoms with van der Waals surface area (Å²) in [6.45, 7) is 0.125. The molecule has 3 rings (SSSR count). The molecule has 0 radical (unpaired) electrons. The van der Waals surface area contributed by atoms with Gasteiger partial charge in [0.25, 0.3) is 0 Å². The molecule has 0 spiro atoms. The molecular weight excluding hydrogens is 448 g/mol. The number of halogens is 5. The van der Waals surface area contributed by atoms with Crippen molar-refractivity contribution in [3.8, 4) is 11.5 Å². The predicted molar refractivity (Wildman–Crippen MR) is 114 cm³/mol. The van der Waals surface area contributed by atoms with Crippen molar-refractivity contribution in [2.24, 2.45) is 5.73 Å². The fraction of sp³-hybridized carbons (Fsp3) is 0.0870. The Labute approximate surface area is 186 Å². The minimum Gasteiger partial charge on any atom is -0.507 e. The molecule has 9 heteroatoms. The second-order valence-corrected chi connectivity index (χ2v) is 7.20. The van der Waals surface area contributed by atoms with E-state index < -0.39 is 34.7 Å². The van der Waals surface area contributed by atoms with Gasteiger partial charge in [-0.15, -0.1) is 0 Å². The highest BCUT2D eigenvalue weighted by molar-refractivity contribution is 6.32. The molecule has 3 aromatic carbocycles. The Kier molecular flexibility index (Phi) is 6.74. The van der Waals surface area contributed by atoms with Gasteiger partial charge in [0.15, 0.2) is 0 Å². The van der Waals surface area contributed by atoms with Crippen LogP contribution < -0.4 is 10.5 Å². The van der Waals surface area contributed by atoms with Crippen LogP contribution in [0, 0.1) is 11.2 Å². The van der Waals surface area contributed by atoms with E-state index in [2.05, 4.69) is 0 Å². The third kappa shape index (κ3) is 5.39. The molecule has 0 saturated heterocycles. The van der Waals surface area contributed by atoms with Crippen LogP contribution in [0.2, 0.25) is 5.02 Å². The van der Waals surface area contributed by atoms with Gasteiger partial charge in [0, 0.05) is 16.2 Å². The Balaban J connectivity index is 1.98. The average molecular weight is 465 g/mol. The molecule has 0 atom stereocenters. The van der Waals surface area contributed by atoms with Crippen LogP contribution in [0.15, 0.2) is 72.4 Å². The number of hydrogen-bond donors (Lipinski definition) is 3. The summed E-state index contributed by atoms with van der Waals surface area (Å²) < 4.78 is 59.1. The zero-order valence-corrected chi connectivity index (χ0v) is 17.1. The molecule has 0 saturated carbocycles. The minimum absolute atomic E-state index is 0.125. The van der Waals surface area contributed by atoms with E-state index in [9.17, 15) is 22.7 Å². The molecule has 0 aliphatic carbocycles. The molecule has 4 N–H and O–H groups in total. The van der Waals surface area contributed by atoms with Crippen molar-refractivity contribution < 1.29 is 27.4 Å². The van der Waals surface area contributed by atoms with Crippen LogP contribution in [0.3, 0.4) is 0 Å². The number of phenolic OH excluding ortho intramolecular Hbond substituents is 1. The topological polar surface area (TPSA) is 79.3 Å². The maximum Gasteiger partial charge on any atom is 0.431 e. The second-order valence-electron chi connectivity index (χ2n) is 6.76. The largest absolute Gasteiger partial charge is 0.507 e. The summed E-state index contributed by atoms with van der Waals surface area (Å²) in [4.78, 5) is 0. The molecule has 0 amide bonds. The van der Waals surface area contributed by atoms with E-state index in [0.717, 1.165) is 29.8 Å². The molecule has 0 unspecified atom stereocenters. The van der Waals surface area contributed by atoms with Crippen molar-refractivity contribution in [3.63, 3.8) is 0 Å². The molecule has 32 heavy (non-hydrogen) atoms. The van der Waals surface area contributed by atoms with Crippen LogP contribution in [-0.4, -0.2) is 17.0 Å². The van der Waals surface area contributed by atoms with Gasteiger partial charge in [-0.05, 0) is 53.6 Å². The van der Waals surface area contributed by atoms with E-state index in [0.29, 0.717) is 5.02 Å². The zero-order chi connectivity index (χ0) is 23.5. The van der Waals surface area contributed by atoms with Gasteiger partial charge in [-0.3, -0.25) is 5.41 Å². The van der Waals surface area contributed by atoms with Crippen molar-refractivity contribution >= 4 is 22.9 Å². The van der Waals surface area contributed by atoms with Crippen LogP contribution >= 0.6 is 11.6 Å². The molecule has 4 nitrogen and oxygen atoms in total. The number of hydrogen-bond acceptors (Lipinski definition) is 4. The van der Waals surface area contributed by atoms with Crippen LogP contribution in [0.1, 0.15) is 16.7 Å². The molecule has 0 aliphatic rings. The number of aromatic hydroxyl groups is 1. The molecule has 3 aromatic rings. The first-order valence-corrected chi connectivity index (χ1v) is 9.56. The third-order valence-electron chi connectivity index (χ3n) is 4.51. The Hall–Kier alpha value is -3.52. The van der Waals surface area contributed by atoms with E-state index in [1.807, 2.05) is 0 Å². The monoisotopic (exact) mass is 464 g/mol. The lowest BCUT2D eigenvalue weighted by Gasteiger charge is -2.17. The van der Waals surface area contributed by atoms with Gasteiger partial charge in [-0.25, -0.2) is 4.39 Å². The number of ether oxygens (including phenoxy) is 1. The van der Waals surface area contributed by atoms with Crippen molar-refractivity contribution in [2.45, 2.75) is 12.8 Å². The average Bonchev–Trinajstić information content (AvgIpc) is 2.75. The molecule has 0 heterocycles. The van der Waals surface area contributed by atoms with Crippen molar-refractivity contribution in [2.75, 3.05) is 0 Å². The number of benzene rings is 3. The van der Waals surface area contributed by atoms with E-state index in [-0.39, 0.29) is 23.5 Å². The van der Waals surface area contributed by atoms with Crippen molar-refractivity contribution in [1.82, 2.24) is 0 Å². The number of nitrogens with two attached hydrogens (primary N) is 1. The Morgan fingerprint density at radius 2 is 1.62 bits per heavy atom. The normalized spacial score (nSPS) is 12.3. The fourth-order valence-electron chi connectivity index (χ4n) is 2.88. The smallest absolute Gasteiger partial charge is 0.431 e. The van der Waals surface area contributed by atoms with Crippen molar-refractivity contribution in [1.29, 1.82) is 5.41 Å². The summed E-state index contributed by atoms with van der Waals surface area (Å²) in [6, 6.07) is 14.8. The SMILES string of the molecule is N=C(C(=C(N)C(F)(F)F)c1ccc(F)cc1)c1cc(OCc2ccc(Cl)cc2)ccc1O. The number of alkyl halides is 3. The van der Waals surface area contributed by atoms with E-state index in [1.165, 1.54) is 18.2 Å². The summed E-state index contributed by atoms with van der Waals surface area (Å²) in [5, 5.41) is 19.2. The zero-order valence-electron chi connectivity index (χ0n) is 16.4. The summed E-state index contributed by atoms with van der Waals surface area (Å²) in [7, 11) is 0. The van der Waals surface area contributed by atoms with E-state index >= 15 is 0 Å². The first kappa shape index (κ1) is 23.1. The summed E-state index contributed by atoms with van der Waals surface area (Å²) in [6.07, 6.45) is -4.95. The lowest BCUT2D eigenvalue weighted by molar-refractivity contribution is -0.0919. The van der Waals surface area contributed by atoms with Gasteiger partial charge in [-0.2, -0.15) is 13.2 Å². The number of rotatable bonds is 6. The lowest BCUT2D eigenvalue weighted by atomic mass is 9.93. The quantitative estimate of drug-likeness (QED) is 0.306. The second kappa shape index (κ2) is 9.32. The van der Waals surface area contributed by atoms with Crippen LogP contribution in [0.4, 0.5) is 17.6 Å². The Morgan fingerprint density at radius 3 is 2.22 bits per heavy atom. The minimum atomic E-state index is -4.95. The highest BCUT2D eigenvalue weighted by Crippen LogP contribution is 2.34. The lowest BCUT2D eigenvalue weighted by Crippen LogP contribution is -2.24. The highest BCUT2D eigenvalue weighted by atomic mass is 35.5. The fourth-order valence-corrected chi connectivity index (χ4v) is 3.01. The maximum atomic E-state index is 13.4. The summed E-state index contributed by atoms with van der Waals surface area (Å²) in [5.41, 5.74) is 2.83. The van der Waals surface area contributed by atoms with Crippen LogP contribution in [-0.2, 0) is 6.61 Å². The van der Waals surface area contributed by atoms with E-state index in [1.54, 1.807) is 24.3 Å². The Morgan fingerprint density at radius 1 is 1.00 bits per heavy atom. The highest BCUT2D eigenvalue weighted by Gasteiger charge is 2.36. The first-order chi connectivity index (χ1) is 15.1.